The molecule has 0 aliphatic carbocycles. The molecule has 2 rings (SSSR count). The van der Waals surface area contributed by atoms with Crippen LogP contribution in [0.2, 0.25) is 0 Å². The molecule has 0 spiro atoms. The lowest BCUT2D eigenvalue weighted by atomic mass is 10.2. The van der Waals surface area contributed by atoms with Gasteiger partial charge in [0.15, 0.2) is 0 Å². The van der Waals surface area contributed by atoms with E-state index in [1.165, 1.54) is 6.07 Å². The molecule has 102 valence electrons. The van der Waals surface area contributed by atoms with E-state index in [-0.39, 0.29) is 16.7 Å². The van der Waals surface area contributed by atoms with Crippen LogP contribution in [-0.4, -0.2) is 16.8 Å². The third kappa shape index (κ3) is 2.46. The number of carboxylic acid groups (broad SMARTS) is 1. The van der Waals surface area contributed by atoms with Gasteiger partial charge in [-0.25, -0.2) is 4.79 Å². The van der Waals surface area contributed by atoms with Crippen LogP contribution in [0.1, 0.15) is 0 Å². The fourth-order valence-electron chi connectivity index (χ4n) is 1.48. The molecule has 1 aromatic heterocycles. The number of amides is 1. The molecule has 0 aliphatic heterocycles. The monoisotopic (exact) mass is 277 g/mol. The van der Waals surface area contributed by atoms with Gasteiger partial charge in [0.25, 0.3) is 11.6 Å². The van der Waals surface area contributed by atoms with E-state index in [9.17, 15) is 29.6 Å². The van der Waals surface area contributed by atoms with Crippen molar-refractivity contribution in [2.24, 2.45) is 0 Å². The molecule has 0 atom stereocenters. The van der Waals surface area contributed by atoms with Gasteiger partial charge >= 0.3 is 5.63 Å². The second kappa shape index (κ2) is 4.80. The number of rotatable bonds is 2. The van der Waals surface area contributed by atoms with Crippen LogP contribution in [0.3, 0.4) is 0 Å². The summed E-state index contributed by atoms with van der Waals surface area (Å²) in [6.07, 6.45) is 0. The maximum absolute atomic E-state index is 11.5. The molecule has 9 nitrogen and oxygen atoms in total. The maximum atomic E-state index is 11.5. The number of carbonyl (C=O) groups is 2. The number of nitrogens with zero attached hydrogens (tertiary/aromatic N) is 1. The zero-order valence-electron chi connectivity index (χ0n) is 9.61. The molecule has 1 amide bonds. The van der Waals surface area contributed by atoms with Gasteiger partial charge in [-0.2, -0.15) is 0 Å². The van der Waals surface area contributed by atoms with Crippen molar-refractivity contribution in [3.63, 3.8) is 0 Å². The number of fused-ring (bicyclic) bond motifs is 1. The van der Waals surface area contributed by atoms with Gasteiger partial charge in [-0.15, -0.1) is 0 Å². The lowest BCUT2D eigenvalue weighted by molar-refractivity contribution is -0.384. The molecule has 0 fully saturated rings. The summed E-state index contributed by atoms with van der Waals surface area (Å²) >= 11 is 0. The number of nitro groups is 1. The quantitative estimate of drug-likeness (QED) is 0.333. The topological polar surface area (TPSA) is 143 Å². The molecule has 0 bridgehead atoms. The van der Waals surface area contributed by atoms with Crippen LogP contribution < -0.4 is 16.0 Å². The summed E-state index contributed by atoms with van der Waals surface area (Å²) < 4.78 is 4.80. The van der Waals surface area contributed by atoms with Crippen LogP contribution in [0, 0.1) is 10.1 Å². The van der Waals surface area contributed by atoms with E-state index in [4.69, 9.17) is 4.42 Å². The van der Waals surface area contributed by atoms with Crippen LogP contribution >= 0.6 is 0 Å². The largest absolute Gasteiger partial charge is 0.540 e. The predicted octanol–water partition coefficient (Wildman–Crippen LogP) is -0.610. The average Bonchev–Trinajstić information content (AvgIpc) is 2.38. The van der Waals surface area contributed by atoms with E-state index in [0.29, 0.717) is 0 Å². The highest BCUT2D eigenvalue weighted by Gasteiger charge is 2.12. The molecule has 2 aromatic rings. The Morgan fingerprint density at radius 2 is 1.95 bits per heavy atom. The van der Waals surface area contributed by atoms with Gasteiger partial charge in [0.2, 0.25) is 0 Å². The van der Waals surface area contributed by atoms with Gasteiger partial charge < -0.3 is 19.6 Å². The van der Waals surface area contributed by atoms with Crippen LogP contribution in [0.5, 0.6) is 0 Å². The van der Waals surface area contributed by atoms with E-state index in [0.717, 1.165) is 18.2 Å². The van der Waals surface area contributed by atoms with Crippen molar-refractivity contribution in [1.29, 1.82) is 0 Å². The van der Waals surface area contributed by atoms with Gasteiger partial charge in [0.05, 0.1) is 4.92 Å². The second-order valence-corrected chi connectivity index (χ2v) is 3.67. The van der Waals surface area contributed by atoms with Gasteiger partial charge in [-0.3, -0.25) is 14.9 Å². The van der Waals surface area contributed by atoms with Gasteiger partial charge in [0, 0.05) is 17.5 Å². The Kier molecular flexibility index (Phi) is 3.17. The van der Waals surface area contributed by atoms with Crippen LogP contribution in [0.25, 0.3) is 11.0 Å². The number of hydrogen-bond acceptors (Lipinski definition) is 7. The molecule has 1 N–H and O–H groups in total. The summed E-state index contributed by atoms with van der Waals surface area (Å²) in [6.45, 7) is 0. The number of carboxylic acids is 1. The molecule has 0 saturated carbocycles. The van der Waals surface area contributed by atoms with Crippen molar-refractivity contribution in [1.82, 2.24) is 0 Å². The summed E-state index contributed by atoms with van der Waals surface area (Å²) in [5, 5.41) is 22.8. The zero-order chi connectivity index (χ0) is 14.9. The first kappa shape index (κ1) is 13.2. The zero-order valence-corrected chi connectivity index (χ0v) is 9.61. The van der Waals surface area contributed by atoms with Crippen molar-refractivity contribution in [2.75, 3.05) is 5.32 Å². The van der Waals surface area contributed by atoms with E-state index < -0.39 is 28.1 Å². The molecular formula is C11H5N2O7-. The normalized spacial score (nSPS) is 10.2. The van der Waals surface area contributed by atoms with Crippen molar-refractivity contribution >= 4 is 34.2 Å². The van der Waals surface area contributed by atoms with Crippen molar-refractivity contribution in [3.05, 3.63) is 44.8 Å². The molecule has 0 radical (unpaired) electrons. The van der Waals surface area contributed by atoms with E-state index >= 15 is 0 Å². The number of aliphatic carboxylic acids is 1. The highest BCUT2D eigenvalue weighted by Crippen LogP contribution is 2.21. The number of nitro benzene ring substituents is 1. The minimum absolute atomic E-state index is 0.0621. The first-order valence-corrected chi connectivity index (χ1v) is 5.13. The molecule has 20 heavy (non-hydrogen) atoms. The fraction of sp³-hybridized carbons (Fsp3) is 0. The number of benzene rings is 1. The van der Waals surface area contributed by atoms with Crippen molar-refractivity contribution in [3.8, 4) is 0 Å². The summed E-state index contributed by atoms with van der Waals surface area (Å²) in [4.78, 5) is 42.6. The molecule has 9 heteroatoms. The van der Waals surface area contributed by atoms with E-state index in [1.807, 2.05) is 0 Å². The van der Waals surface area contributed by atoms with Crippen LogP contribution in [0.4, 0.5) is 11.4 Å². The summed E-state index contributed by atoms with van der Waals surface area (Å²) in [6, 6.07) is 4.56. The lowest BCUT2D eigenvalue weighted by Crippen LogP contribution is -2.37. The Balaban J connectivity index is 2.53. The third-order valence-corrected chi connectivity index (χ3v) is 2.36. The smallest absolute Gasteiger partial charge is 0.360 e. The first-order valence-electron chi connectivity index (χ1n) is 5.13. The first-order chi connectivity index (χ1) is 9.38. The predicted molar refractivity (Wildman–Crippen MR) is 62.8 cm³/mol. The molecule has 0 unspecified atom stereocenters. The van der Waals surface area contributed by atoms with Crippen molar-refractivity contribution in [2.45, 2.75) is 0 Å². The van der Waals surface area contributed by atoms with E-state index in [2.05, 4.69) is 0 Å². The highest BCUT2D eigenvalue weighted by atomic mass is 16.6. The summed E-state index contributed by atoms with van der Waals surface area (Å²) in [5.74, 6) is -3.55. The van der Waals surface area contributed by atoms with Gasteiger partial charge in [-0.05, 0) is 12.1 Å². The Morgan fingerprint density at radius 1 is 1.25 bits per heavy atom. The van der Waals surface area contributed by atoms with Gasteiger partial charge in [-0.1, -0.05) is 0 Å². The maximum Gasteiger partial charge on any atom is 0.360 e. The van der Waals surface area contributed by atoms with Crippen LogP contribution in [-0.2, 0) is 9.59 Å². The molecule has 0 aliphatic rings. The number of hydrogen-bond donors (Lipinski definition) is 1. The highest BCUT2D eigenvalue weighted by molar-refractivity contribution is 6.35. The van der Waals surface area contributed by atoms with Crippen LogP contribution in [0.15, 0.2) is 33.5 Å². The third-order valence-electron chi connectivity index (χ3n) is 2.36. The Bertz CT molecular complexity index is 793. The molecule has 0 saturated heterocycles. The standard InChI is InChI=1S/C11H6N2O7/c14-9(10(15)16)12-7-4-5-3-6(13(18)19)1-2-8(5)20-11(7)17/h1-4H,(H,12,14)(H,15,16)/p-1. The molecule has 1 aromatic carbocycles. The molecular weight excluding hydrogens is 272 g/mol. The Hall–Kier alpha value is -3.23. The minimum atomic E-state index is -2.02. The molecule has 1 heterocycles. The van der Waals surface area contributed by atoms with Gasteiger partial charge in [0.1, 0.15) is 17.2 Å². The Morgan fingerprint density at radius 3 is 2.55 bits per heavy atom. The Labute approximate surface area is 109 Å². The average molecular weight is 277 g/mol. The number of nitrogens with one attached hydrogen (secondary N) is 1. The second-order valence-electron chi connectivity index (χ2n) is 3.67. The summed E-state index contributed by atoms with van der Waals surface area (Å²) in [5.41, 5.74) is -1.62. The number of anilines is 1. The SMILES string of the molecule is O=C([O-])C(=O)Nc1cc2cc([N+](=O)[O-])ccc2oc1=O. The van der Waals surface area contributed by atoms with Crippen molar-refractivity contribution < 1.29 is 24.0 Å². The lowest BCUT2D eigenvalue weighted by Gasteiger charge is -2.05. The number of carbonyl (C=O) groups excluding carboxylic acids is 2. The minimum Gasteiger partial charge on any atom is -0.540 e. The summed E-state index contributed by atoms with van der Waals surface area (Å²) in [7, 11) is 0. The number of non-ortho nitro benzene ring substituents is 1. The van der Waals surface area contributed by atoms with E-state index in [1.54, 1.807) is 5.32 Å². The fourth-order valence-corrected chi connectivity index (χ4v) is 1.48.